The summed E-state index contributed by atoms with van der Waals surface area (Å²) in [6.45, 7) is 5.35. The number of benzene rings is 3. The lowest BCUT2D eigenvalue weighted by atomic mass is 10.0. The molecule has 0 aliphatic carbocycles. The Morgan fingerprint density at radius 2 is 1.64 bits per heavy atom. The summed E-state index contributed by atoms with van der Waals surface area (Å²) in [6.07, 6.45) is 6.50. The van der Waals surface area contributed by atoms with E-state index >= 15 is 0 Å². The highest BCUT2D eigenvalue weighted by atomic mass is 16.5. The number of hydrogen-bond donors (Lipinski definition) is 4. The van der Waals surface area contributed by atoms with Crippen LogP contribution in [0.3, 0.4) is 0 Å². The van der Waals surface area contributed by atoms with Crippen molar-refractivity contribution in [1.29, 1.82) is 0 Å². The lowest BCUT2D eigenvalue weighted by Gasteiger charge is -2.29. The molecule has 1 aromatic heterocycles. The van der Waals surface area contributed by atoms with Gasteiger partial charge in [-0.3, -0.25) is 34.7 Å². The van der Waals surface area contributed by atoms with E-state index in [1.54, 1.807) is 24.4 Å². The third kappa shape index (κ3) is 12.0. The van der Waals surface area contributed by atoms with E-state index in [4.69, 9.17) is 9.47 Å². The van der Waals surface area contributed by atoms with Crippen LogP contribution in [0.15, 0.2) is 77.9 Å². The van der Waals surface area contributed by atoms with Crippen LogP contribution in [0.25, 0.3) is 0 Å². The molecule has 0 bridgehead atoms. The number of hydrazone groups is 1. The van der Waals surface area contributed by atoms with Crippen molar-refractivity contribution < 1.29 is 33.4 Å². The van der Waals surface area contributed by atoms with Crippen molar-refractivity contribution in [1.82, 2.24) is 20.2 Å². The third-order valence-corrected chi connectivity index (χ3v) is 10.7. The second kappa shape index (κ2) is 20.5. The first-order valence-electron chi connectivity index (χ1n) is 20.8. The van der Waals surface area contributed by atoms with Gasteiger partial charge in [-0.2, -0.15) is 15.1 Å². The molecular formula is C45H51N9O7. The molecule has 3 aliphatic rings. The minimum atomic E-state index is -0.686. The number of morpholine rings is 1. The second-order valence-electron chi connectivity index (χ2n) is 15.4. The number of nitrogens with zero attached hydrogens (tertiary/aromatic N) is 5. The first kappa shape index (κ1) is 42.4. The largest absolute Gasteiger partial charge is 0.463 e. The number of hydrogen-bond acceptors (Lipinski definition) is 12. The molecule has 4 heterocycles. The van der Waals surface area contributed by atoms with E-state index in [-0.39, 0.29) is 42.6 Å². The quantitative estimate of drug-likeness (QED) is 0.0436. The third-order valence-electron chi connectivity index (χ3n) is 10.7. The molecule has 3 aliphatic heterocycles. The molecule has 7 rings (SSSR count). The monoisotopic (exact) mass is 829 g/mol. The molecule has 2 saturated heterocycles. The zero-order valence-corrected chi connectivity index (χ0v) is 34.3. The Balaban J connectivity index is 0.787. The van der Waals surface area contributed by atoms with Crippen LogP contribution in [0.2, 0.25) is 0 Å². The first-order chi connectivity index (χ1) is 29.7. The van der Waals surface area contributed by atoms with E-state index in [1.165, 1.54) is 4.90 Å². The molecule has 0 radical (unpaired) electrons. The molecule has 1 atom stereocenters. The van der Waals surface area contributed by atoms with Crippen LogP contribution >= 0.6 is 0 Å². The number of imide groups is 1. The van der Waals surface area contributed by atoms with Crippen molar-refractivity contribution in [2.75, 3.05) is 53.9 Å². The summed E-state index contributed by atoms with van der Waals surface area (Å²) in [5, 5.41) is 12.5. The van der Waals surface area contributed by atoms with E-state index in [0.29, 0.717) is 94.2 Å². The van der Waals surface area contributed by atoms with Gasteiger partial charge in [0.2, 0.25) is 23.6 Å². The smallest absolute Gasteiger partial charge is 0.320 e. The van der Waals surface area contributed by atoms with E-state index in [0.717, 1.165) is 40.9 Å². The summed E-state index contributed by atoms with van der Waals surface area (Å²) >= 11 is 0. The Labute approximate surface area is 354 Å². The van der Waals surface area contributed by atoms with Crippen LogP contribution in [-0.4, -0.2) is 89.6 Å². The van der Waals surface area contributed by atoms with Crippen molar-refractivity contribution in [3.8, 4) is 6.01 Å². The summed E-state index contributed by atoms with van der Waals surface area (Å²) in [4.78, 5) is 75.0. The number of carbonyl (C=O) groups excluding carboxylic acids is 5. The maximum absolute atomic E-state index is 13.1. The van der Waals surface area contributed by atoms with Gasteiger partial charge in [-0.25, -0.2) is 0 Å². The minimum Gasteiger partial charge on any atom is -0.463 e. The van der Waals surface area contributed by atoms with Crippen molar-refractivity contribution in [3.63, 3.8) is 0 Å². The average molecular weight is 830 g/mol. The molecule has 61 heavy (non-hydrogen) atoms. The molecule has 4 aromatic rings. The summed E-state index contributed by atoms with van der Waals surface area (Å²) in [6, 6.07) is 22.3. The number of carbonyl (C=O) groups is 5. The molecular weight excluding hydrogens is 779 g/mol. The molecule has 318 valence electrons. The number of amides is 5. The van der Waals surface area contributed by atoms with Crippen LogP contribution in [0.4, 0.5) is 23.0 Å². The van der Waals surface area contributed by atoms with Crippen molar-refractivity contribution in [2.24, 2.45) is 5.10 Å². The van der Waals surface area contributed by atoms with Gasteiger partial charge in [-0.05, 0) is 67.1 Å². The Bertz CT molecular complexity index is 2260. The predicted molar refractivity (Wildman–Crippen MR) is 231 cm³/mol. The minimum absolute atomic E-state index is 0.0684. The maximum atomic E-state index is 13.1. The number of ether oxygens (including phenoxy) is 2. The molecule has 4 N–H and O–H groups in total. The molecule has 0 saturated carbocycles. The predicted octanol–water partition coefficient (Wildman–Crippen LogP) is 5.37. The van der Waals surface area contributed by atoms with Crippen molar-refractivity contribution >= 4 is 58.8 Å². The van der Waals surface area contributed by atoms with Crippen LogP contribution in [0.5, 0.6) is 6.01 Å². The summed E-state index contributed by atoms with van der Waals surface area (Å²) in [5.41, 5.74) is 8.64. The fourth-order valence-corrected chi connectivity index (χ4v) is 7.43. The number of fused-ring (bicyclic) bond motifs is 1. The van der Waals surface area contributed by atoms with Gasteiger partial charge in [0, 0.05) is 68.3 Å². The number of piperidine rings is 1. The summed E-state index contributed by atoms with van der Waals surface area (Å²) in [7, 11) is 0. The topological polar surface area (TPSA) is 197 Å². The van der Waals surface area contributed by atoms with E-state index in [1.807, 2.05) is 61.5 Å². The molecule has 0 spiro atoms. The van der Waals surface area contributed by atoms with Crippen LogP contribution in [0, 0.1) is 6.92 Å². The van der Waals surface area contributed by atoms with E-state index in [9.17, 15) is 24.0 Å². The van der Waals surface area contributed by atoms with Gasteiger partial charge in [-0.15, -0.1) is 0 Å². The molecule has 16 nitrogen and oxygen atoms in total. The van der Waals surface area contributed by atoms with E-state index in [2.05, 4.69) is 41.3 Å². The summed E-state index contributed by atoms with van der Waals surface area (Å²) < 4.78 is 11.5. The molecule has 1 unspecified atom stereocenters. The van der Waals surface area contributed by atoms with Gasteiger partial charge in [-0.1, -0.05) is 60.9 Å². The van der Waals surface area contributed by atoms with Gasteiger partial charge in [0.05, 0.1) is 26.0 Å². The zero-order valence-electron chi connectivity index (χ0n) is 34.3. The van der Waals surface area contributed by atoms with Crippen LogP contribution < -0.4 is 31.0 Å². The number of anilines is 4. The number of aryl methyl sites for hydroxylation is 1. The number of rotatable bonds is 18. The van der Waals surface area contributed by atoms with Gasteiger partial charge >= 0.3 is 6.01 Å². The Morgan fingerprint density at radius 3 is 2.38 bits per heavy atom. The van der Waals surface area contributed by atoms with Gasteiger partial charge in [0.1, 0.15) is 11.9 Å². The number of nitrogens with one attached hydrogen (secondary N) is 4. The molecule has 16 heteroatoms. The van der Waals surface area contributed by atoms with Crippen molar-refractivity contribution in [3.05, 3.63) is 101 Å². The Morgan fingerprint density at radius 1 is 0.902 bits per heavy atom. The summed E-state index contributed by atoms with van der Waals surface area (Å²) in [5.74, 6) is -0.0443. The average Bonchev–Trinajstić information content (AvgIpc) is 3.57. The SMILES string of the molecule is Cc1cccc(/C=N/Nc2cc(N3CCOCC3)nc(OCCc3ccc(NC(=O)CCCCCCC(=O)Nc4ccc5c(c4)C(=O)N(C4CCC(=O)NC4=O)C5)cc3)n2)c1. The first-order valence-corrected chi connectivity index (χ1v) is 20.8. The highest BCUT2D eigenvalue weighted by molar-refractivity contribution is 6.06. The standard InChI is InChI=1S/C45H51N9O7/c1-30-7-6-8-32(25-30)28-46-52-38-27-39(53-20-23-60-24-21-53)50-45(49-38)61-22-19-31-11-14-34(15-12-31)47-40(55)9-4-2-3-5-10-41(56)48-35-16-13-33-29-54(44(59)36(33)26-35)37-17-18-42(57)51-43(37)58/h6-8,11-16,25-28,37H,2-5,9-10,17-24,29H2,1H3,(H,47,55)(H,48,56)(H,49,50,52)(H,51,57,58)/b46-28+. The second-order valence-corrected chi connectivity index (χ2v) is 15.4. The lowest BCUT2D eigenvalue weighted by molar-refractivity contribution is -0.137. The number of aromatic nitrogens is 2. The normalized spacial score (nSPS) is 16.3. The highest BCUT2D eigenvalue weighted by Crippen LogP contribution is 2.30. The molecule has 5 amide bonds. The van der Waals surface area contributed by atoms with Crippen LogP contribution in [0.1, 0.15) is 84.0 Å². The van der Waals surface area contributed by atoms with E-state index < -0.39 is 11.9 Å². The molecule has 2 fully saturated rings. The van der Waals surface area contributed by atoms with Crippen LogP contribution in [-0.2, 0) is 36.9 Å². The zero-order chi connectivity index (χ0) is 42.6. The van der Waals surface area contributed by atoms with Gasteiger partial charge in [0.15, 0.2) is 5.82 Å². The highest BCUT2D eigenvalue weighted by Gasteiger charge is 2.39. The fraction of sp³-hybridized carbons (Fsp3) is 0.378. The Kier molecular flexibility index (Phi) is 14.3. The maximum Gasteiger partial charge on any atom is 0.320 e. The fourth-order valence-electron chi connectivity index (χ4n) is 7.43. The molecule has 3 aromatic carbocycles. The lowest BCUT2D eigenvalue weighted by Crippen LogP contribution is -2.52. The number of unbranched alkanes of at least 4 members (excludes halogenated alkanes) is 3. The van der Waals surface area contributed by atoms with Gasteiger partial charge in [0.25, 0.3) is 5.91 Å². The van der Waals surface area contributed by atoms with Gasteiger partial charge < -0.3 is 29.9 Å². The Hall–Kier alpha value is -6.68. The van der Waals surface area contributed by atoms with Crippen molar-refractivity contribution in [2.45, 2.75) is 77.3 Å².